The molecule has 0 aliphatic carbocycles. The van der Waals surface area contributed by atoms with Crippen LogP contribution >= 0.6 is 0 Å². The van der Waals surface area contributed by atoms with Crippen molar-refractivity contribution in [2.75, 3.05) is 62.3 Å². The molecule has 2 aromatic rings. The summed E-state index contributed by atoms with van der Waals surface area (Å²) in [5, 5.41) is 5.27. The van der Waals surface area contributed by atoms with Gasteiger partial charge in [0.15, 0.2) is 0 Å². The number of primary sulfonamides is 1. The quantitative estimate of drug-likeness (QED) is 0.627. The van der Waals surface area contributed by atoms with E-state index in [9.17, 15) is 30.8 Å². The molecule has 2 N–H and O–H groups in total. The van der Waals surface area contributed by atoms with Crippen LogP contribution in [0.2, 0.25) is 0 Å². The highest BCUT2D eigenvalue weighted by Crippen LogP contribution is 2.33. The molecule has 190 valence electrons. The molecule has 0 bridgehead atoms. The summed E-state index contributed by atoms with van der Waals surface area (Å²) in [6.45, 7) is 2.68. The van der Waals surface area contributed by atoms with Gasteiger partial charge in [0.2, 0.25) is 10.0 Å². The van der Waals surface area contributed by atoms with Crippen LogP contribution in [0.3, 0.4) is 0 Å². The zero-order chi connectivity index (χ0) is 25.4. The minimum atomic E-state index is -4.64. The largest absolute Gasteiger partial charge is 0.416 e. The molecule has 2 heterocycles. The normalized spacial score (nSPS) is 17.6. The van der Waals surface area contributed by atoms with Crippen molar-refractivity contribution in [3.8, 4) is 0 Å². The number of ether oxygens (including phenoxy) is 1. The number of nitrogens with zero attached hydrogens (tertiary/aromatic N) is 3. The van der Waals surface area contributed by atoms with Crippen LogP contribution in [-0.4, -0.2) is 71.7 Å². The number of halogens is 4. The Hall–Kier alpha value is -2.90. The second kappa shape index (κ2) is 9.63. The van der Waals surface area contributed by atoms with Crippen molar-refractivity contribution in [1.82, 2.24) is 4.90 Å². The maximum Gasteiger partial charge on any atom is 0.416 e. The number of hydrogen-bond acceptors (Lipinski definition) is 6. The molecule has 0 saturated carbocycles. The van der Waals surface area contributed by atoms with E-state index in [1.807, 2.05) is 4.90 Å². The number of benzene rings is 2. The second-order valence-electron chi connectivity index (χ2n) is 8.27. The summed E-state index contributed by atoms with van der Waals surface area (Å²) in [4.78, 5) is 18.2. The number of nitrogens with two attached hydrogens (primary N) is 1. The van der Waals surface area contributed by atoms with Crippen LogP contribution in [0.15, 0.2) is 41.3 Å². The van der Waals surface area contributed by atoms with E-state index in [4.69, 9.17) is 9.88 Å². The molecule has 35 heavy (non-hydrogen) atoms. The van der Waals surface area contributed by atoms with Crippen LogP contribution < -0.4 is 14.9 Å². The Morgan fingerprint density at radius 1 is 0.886 bits per heavy atom. The fourth-order valence-electron chi connectivity index (χ4n) is 4.20. The van der Waals surface area contributed by atoms with Gasteiger partial charge in [0, 0.05) is 45.0 Å². The molecule has 2 saturated heterocycles. The van der Waals surface area contributed by atoms with E-state index >= 15 is 0 Å². The van der Waals surface area contributed by atoms with Gasteiger partial charge in [-0.25, -0.2) is 17.9 Å². The molecule has 0 aromatic heterocycles. The van der Waals surface area contributed by atoms with E-state index in [0.29, 0.717) is 38.1 Å². The smallest absolute Gasteiger partial charge is 0.378 e. The van der Waals surface area contributed by atoms with Crippen LogP contribution in [0.4, 0.5) is 28.9 Å². The number of alkyl halides is 3. The first-order chi connectivity index (χ1) is 16.4. The first kappa shape index (κ1) is 25.2. The first-order valence-electron chi connectivity index (χ1n) is 10.9. The van der Waals surface area contributed by atoms with Crippen LogP contribution in [-0.2, 0) is 20.9 Å². The molecule has 2 aromatic carbocycles. The lowest BCUT2D eigenvalue weighted by atomic mass is 10.1. The number of carbonyl (C=O) groups is 1. The zero-order valence-corrected chi connectivity index (χ0v) is 19.4. The Kier molecular flexibility index (Phi) is 6.93. The Morgan fingerprint density at radius 2 is 1.49 bits per heavy atom. The second-order valence-corrected chi connectivity index (χ2v) is 9.83. The van der Waals surface area contributed by atoms with Gasteiger partial charge in [0.1, 0.15) is 5.82 Å². The topological polar surface area (TPSA) is 96.2 Å². The molecule has 1 amide bonds. The average molecular weight is 517 g/mol. The van der Waals surface area contributed by atoms with E-state index < -0.39 is 33.5 Å². The van der Waals surface area contributed by atoms with E-state index in [0.717, 1.165) is 12.1 Å². The number of piperazine rings is 1. The minimum absolute atomic E-state index is 0.0235. The summed E-state index contributed by atoms with van der Waals surface area (Å²) in [6.07, 6.45) is -4.64. The minimum Gasteiger partial charge on any atom is -0.378 e. The molecular formula is C22H24F4N4O4S. The molecule has 2 fully saturated rings. The molecule has 13 heteroatoms. The van der Waals surface area contributed by atoms with Crippen LogP contribution in [0.25, 0.3) is 0 Å². The number of anilines is 2. The van der Waals surface area contributed by atoms with Gasteiger partial charge in [-0.2, -0.15) is 13.2 Å². The summed E-state index contributed by atoms with van der Waals surface area (Å²) in [5.41, 5.74) is -0.317. The third-order valence-electron chi connectivity index (χ3n) is 6.06. The van der Waals surface area contributed by atoms with E-state index in [1.165, 1.54) is 17.0 Å². The Balaban J connectivity index is 1.54. The maximum absolute atomic E-state index is 14.4. The van der Waals surface area contributed by atoms with Gasteiger partial charge in [-0.3, -0.25) is 4.79 Å². The lowest BCUT2D eigenvalue weighted by molar-refractivity contribution is -0.137. The predicted octanol–water partition coefficient (Wildman–Crippen LogP) is 2.29. The molecule has 0 unspecified atom stereocenters. The third kappa shape index (κ3) is 5.52. The molecular weight excluding hydrogens is 492 g/mol. The highest BCUT2D eigenvalue weighted by molar-refractivity contribution is 7.89. The Labute approximate surface area is 199 Å². The number of hydrogen-bond donors (Lipinski definition) is 1. The summed E-state index contributed by atoms with van der Waals surface area (Å²) in [7, 11) is -4.04. The lowest BCUT2D eigenvalue weighted by Crippen LogP contribution is -2.49. The van der Waals surface area contributed by atoms with Crippen LogP contribution in [0, 0.1) is 5.82 Å². The lowest BCUT2D eigenvalue weighted by Gasteiger charge is -2.37. The highest BCUT2D eigenvalue weighted by Gasteiger charge is 2.32. The number of amides is 1. The van der Waals surface area contributed by atoms with Crippen molar-refractivity contribution in [3.05, 3.63) is 53.3 Å². The maximum atomic E-state index is 14.4. The molecule has 2 aliphatic rings. The van der Waals surface area contributed by atoms with E-state index in [1.54, 1.807) is 11.0 Å². The molecule has 0 radical (unpaired) electrons. The fraction of sp³-hybridized carbons (Fsp3) is 0.409. The standard InChI is InChI=1S/C22H24F4N4O4S/c23-18-13-15(22(24,25)26)1-3-20(18)28-5-7-30(8-6-28)21(31)17-14-16(35(27,32)33)2-4-19(17)29-9-11-34-12-10-29/h1-4,13-14H,5-12H2,(H2,27,32,33). The van der Waals surface area contributed by atoms with Gasteiger partial charge in [0.25, 0.3) is 5.91 Å². The van der Waals surface area contributed by atoms with Gasteiger partial charge >= 0.3 is 6.18 Å². The molecule has 2 aliphatic heterocycles. The molecule has 4 rings (SSSR count). The zero-order valence-electron chi connectivity index (χ0n) is 18.6. The van der Waals surface area contributed by atoms with Gasteiger partial charge in [0.05, 0.1) is 34.9 Å². The van der Waals surface area contributed by atoms with Crippen molar-refractivity contribution in [3.63, 3.8) is 0 Å². The van der Waals surface area contributed by atoms with E-state index in [-0.39, 0.29) is 42.3 Å². The highest BCUT2D eigenvalue weighted by atomic mass is 32.2. The SMILES string of the molecule is NS(=O)(=O)c1ccc(N2CCOCC2)c(C(=O)N2CCN(c3ccc(C(F)(F)F)cc3F)CC2)c1. The third-order valence-corrected chi connectivity index (χ3v) is 6.97. The van der Waals surface area contributed by atoms with Crippen molar-refractivity contribution in [1.29, 1.82) is 0 Å². The average Bonchev–Trinajstić information content (AvgIpc) is 2.83. The monoisotopic (exact) mass is 516 g/mol. The summed E-state index contributed by atoms with van der Waals surface area (Å²) in [6, 6.07) is 6.52. The van der Waals surface area contributed by atoms with Crippen molar-refractivity contribution < 1.29 is 35.5 Å². The molecule has 0 atom stereocenters. The Bertz CT molecular complexity index is 1210. The summed E-state index contributed by atoms with van der Waals surface area (Å²) < 4.78 is 82.0. The predicted molar refractivity (Wildman–Crippen MR) is 120 cm³/mol. The summed E-state index contributed by atoms with van der Waals surface area (Å²) in [5.74, 6) is -1.40. The Morgan fingerprint density at radius 3 is 2.06 bits per heavy atom. The number of rotatable bonds is 4. The van der Waals surface area contributed by atoms with Gasteiger partial charge in [-0.1, -0.05) is 0 Å². The van der Waals surface area contributed by atoms with Gasteiger partial charge in [-0.05, 0) is 36.4 Å². The number of sulfonamides is 1. The molecule has 0 spiro atoms. The van der Waals surface area contributed by atoms with Crippen molar-refractivity contribution in [2.24, 2.45) is 5.14 Å². The van der Waals surface area contributed by atoms with Crippen LogP contribution in [0.1, 0.15) is 15.9 Å². The van der Waals surface area contributed by atoms with E-state index in [2.05, 4.69) is 0 Å². The van der Waals surface area contributed by atoms with Gasteiger partial charge < -0.3 is 19.4 Å². The van der Waals surface area contributed by atoms with Crippen molar-refractivity contribution in [2.45, 2.75) is 11.1 Å². The summed E-state index contributed by atoms with van der Waals surface area (Å²) >= 11 is 0. The molecule has 8 nitrogen and oxygen atoms in total. The fourth-order valence-corrected chi connectivity index (χ4v) is 4.74. The van der Waals surface area contributed by atoms with Gasteiger partial charge in [-0.15, -0.1) is 0 Å². The van der Waals surface area contributed by atoms with Crippen molar-refractivity contribution >= 4 is 27.3 Å². The first-order valence-corrected chi connectivity index (χ1v) is 12.4. The van der Waals surface area contributed by atoms with Crippen LogP contribution in [0.5, 0.6) is 0 Å². The number of morpholine rings is 1. The number of carbonyl (C=O) groups excluding carboxylic acids is 1.